The molecule has 3 rings (SSSR count). The number of hydrogen-bond donors (Lipinski definition) is 0. The Morgan fingerprint density at radius 2 is 1.54 bits per heavy atom. The van der Waals surface area contributed by atoms with Crippen molar-refractivity contribution in [2.75, 3.05) is 0 Å². The molecule has 0 fully saturated rings. The van der Waals surface area contributed by atoms with E-state index in [0.717, 1.165) is 24.3 Å². The first-order valence-corrected chi connectivity index (χ1v) is 7.19. The van der Waals surface area contributed by atoms with Gasteiger partial charge in [-0.05, 0) is 25.1 Å². The van der Waals surface area contributed by atoms with Crippen molar-refractivity contribution in [1.29, 1.82) is 0 Å². The molecule has 0 radical (unpaired) electrons. The van der Waals surface area contributed by atoms with Gasteiger partial charge in [-0.2, -0.15) is 26.3 Å². The second-order valence-corrected chi connectivity index (χ2v) is 5.42. The maximum atomic E-state index is 13.2. The van der Waals surface area contributed by atoms with Gasteiger partial charge in [-0.15, -0.1) is 0 Å². The van der Waals surface area contributed by atoms with E-state index in [1.54, 1.807) is 6.92 Å². The highest BCUT2D eigenvalue weighted by atomic mass is 19.4. The first-order chi connectivity index (χ1) is 12.1. The smallest absolute Gasteiger partial charge is 0.272 e. The number of nitrogens with zero attached hydrogens (tertiary/aromatic N) is 4. The molecule has 26 heavy (non-hydrogen) atoms. The summed E-state index contributed by atoms with van der Waals surface area (Å²) in [6.07, 6.45) is -6.62. The summed E-state index contributed by atoms with van der Waals surface area (Å²) in [6.45, 7) is 1.61. The van der Waals surface area contributed by atoms with Crippen LogP contribution in [0.4, 0.5) is 26.3 Å². The van der Waals surface area contributed by atoms with E-state index in [1.165, 1.54) is 17.1 Å². The molecule has 0 saturated heterocycles. The molecule has 0 aliphatic rings. The van der Waals surface area contributed by atoms with Crippen LogP contribution in [0.15, 0.2) is 42.9 Å². The third-order valence-electron chi connectivity index (χ3n) is 3.55. The largest absolute Gasteiger partial charge is 0.433 e. The van der Waals surface area contributed by atoms with E-state index in [2.05, 4.69) is 15.0 Å². The predicted molar refractivity (Wildman–Crippen MR) is 79.3 cm³/mol. The summed E-state index contributed by atoms with van der Waals surface area (Å²) in [5.74, 6) is -0.273. The average Bonchev–Trinajstić information content (AvgIpc) is 2.99. The Balaban J connectivity index is 2.13. The molecule has 0 bridgehead atoms. The Labute approximate surface area is 143 Å². The van der Waals surface area contributed by atoms with Crippen molar-refractivity contribution in [3.05, 3.63) is 59.8 Å². The van der Waals surface area contributed by atoms with Crippen LogP contribution in [-0.2, 0) is 12.4 Å². The Hall–Kier alpha value is -2.91. The highest BCUT2D eigenvalue weighted by molar-refractivity contribution is 5.61. The van der Waals surface area contributed by atoms with Crippen LogP contribution < -0.4 is 0 Å². The summed E-state index contributed by atoms with van der Waals surface area (Å²) in [5.41, 5.74) is -1.65. The van der Waals surface area contributed by atoms with Gasteiger partial charge in [0.25, 0.3) is 0 Å². The summed E-state index contributed by atoms with van der Waals surface area (Å²) in [7, 11) is 0. The highest BCUT2D eigenvalue weighted by Gasteiger charge is 2.34. The molecule has 2 aromatic heterocycles. The third kappa shape index (κ3) is 3.53. The van der Waals surface area contributed by atoms with Crippen LogP contribution in [0.3, 0.4) is 0 Å². The fourth-order valence-electron chi connectivity index (χ4n) is 2.24. The predicted octanol–water partition coefficient (Wildman–Crippen LogP) is 4.68. The van der Waals surface area contributed by atoms with Gasteiger partial charge >= 0.3 is 12.4 Å². The van der Waals surface area contributed by atoms with E-state index in [9.17, 15) is 26.3 Å². The lowest BCUT2D eigenvalue weighted by molar-refractivity contribution is -0.141. The molecule has 1 aromatic carbocycles. The zero-order valence-electron chi connectivity index (χ0n) is 13.1. The molecular formula is C16H10F6N4. The molecule has 2 heterocycles. The van der Waals surface area contributed by atoms with E-state index in [4.69, 9.17) is 0 Å². The molecule has 0 aliphatic carbocycles. The molecule has 0 spiro atoms. The molecular weight excluding hydrogens is 362 g/mol. The van der Waals surface area contributed by atoms with E-state index >= 15 is 0 Å². The van der Waals surface area contributed by atoms with Crippen LogP contribution in [0, 0.1) is 6.92 Å². The second kappa shape index (κ2) is 6.11. The molecule has 136 valence electrons. The van der Waals surface area contributed by atoms with Crippen LogP contribution in [0.25, 0.3) is 17.2 Å². The van der Waals surface area contributed by atoms with Crippen molar-refractivity contribution in [2.45, 2.75) is 19.3 Å². The molecule has 3 aromatic rings. The Kier molecular flexibility index (Phi) is 4.21. The van der Waals surface area contributed by atoms with Crippen molar-refractivity contribution in [2.24, 2.45) is 0 Å². The topological polar surface area (TPSA) is 43.6 Å². The molecule has 0 aliphatic heterocycles. The van der Waals surface area contributed by atoms with Crippen LogP contribution in [0.1, 0.15) is 17.0 Å². The minimum absolute atomic E-state index is 0.102. The number of imidazole rings is 1. The number of halogens is 6. The first kappa shape index (κ1) is 17.9. The number of benzene rings is 1. The van der Waals surface area contributed by atoms with Gasteiger partial charge in [0.15, 0.2) is 5.69 Å². The van der Waals surface area contributed by atoms with Crippen LogP contribution in [-0.4, -0.2) is 19.5 Å². The fraction of sp³-hybridized carbons (Fsp3) is 0.188. The Bertz CT molecular complexity index is 925. The maximum Gasteiger partial charge on any atom is 0.433 e. The van der Waals surface area contributed by atoms with Crippen LogP contribution in [0.2, 0.25) is 0 Å². The van der Waals surface area contributed by atoms with Gasteiger partial charge in [0.2, 0.25) is 5.95 Å². The molecule has 0 saturated carbocycles. The lowest BCUT2D eigenvalue weighted by Crippen LogP contribution is -2.13. The van der Waals surface area contributed by atoms with Crippen molar-refractivity contribution >= 4 is 0 Å². The lowest BCUT2D eigenvalue weighted by atomic mass is 10.1. The molecule has 0 N–H and O–H groups in total. The van der Waals surface area contributed by atoms with E-state index < -0.39 is 23.6 Å². The molecule has 10 heteroatoms. The van der Waals surface area contributed by atoms with Gasteiger partial charge in [0.1, 0.15) is 6.33 Å². The number of aromatic nitrogens is 4. The standard InChI is InChI=1S/C16H10F6N4/c1-9-7-23-8-26(9)14-24-12(6-13(25-14)16(20,21)22)10-2-4-11(5-3-10)15(17,18)19/h2-8H,1H3. The van der Waals surface area contributed by atoms with Gasteiger partial charge in [-0.3, -0.25) is 4.57 Å². The van der Waals surface area contributed by atoms with Gasteiger partial charge in [-0.1, -0.05) is 12.1 Å². The SMILES string of the molecule is Cc1cncn1-c1nc(-c2ccc(C(F)(F)F)cc2)cc(C(F)(F)F)n1. The van der Waals surface area contributed by atoms with Gasteiger partial charge < -0.3 is 0 Å². The monoisotopic (exact) mass is 372 g/mol. The van der Waals surface area contributed by atoms with Gasteiger partial charge in [0.05, 0.1) is 11.3 Å². The maximum absolute atomic E-state index is 13.2. The minimum Gasteiger partial charge on any atom is -0.272 e. The molecule has 0 unspecified atom stereocenters. The van der Waals surface area contributed by atoms with Crippen molar-refractivity contribution in [3.63, 3.8) is 0 Å². The quantitative estimate of drug-likeness (QED) is 0.614. The third-order valence-corrected chi connectivity index (χ3v) is 3.55. The first-order valence-electron chi connectivity index (χ1n) is 7.19. The summed E-state index contributed by atoms with van der Waals surface area (Å²) >= 11 is 0. The zero-order chi connectivity index (χ0) is 19.1. The minimum atomic E-state index is -4.74. The Morgan fingerprint density at radius 1 is 0.885 bits per heavy atom. The second-order valence-electron chi connectivity index (χ2n) is 5.42. The number of alkyl halides is 6. The summed E-state index contributed by atoms with van der Waals surface area (Å²) < 4.78 is 78.7. The normalized spacial score (nSPS) is 12.4. The van der Waals surface area contributed by atoms with Crippen molar-refractivity contribution in [1.82, 2.24) is 19.5 Å². The molecule has 0 atom stereocenters. The van der Waals surface area contributed by atoms with Gasteiger partial charge in [-0.25, -0.2) is 15.0 Å². The zero-order valence-corrected chi connectivity index (χ0v) is 13.1. The Morgan fingerprint density at radius 3 is 2.04 bits per heavy atom. The number of rotatable bonds is 2. The van der Waals surface area contributed by atoms with Crippen molar-refractivity contribution in [3.8, 4) is 17.2 Å². The fourth-order valence-corrected chi connectivity index (χ4v) is 2.24. The summed E-state index contributed by atoms with van der Waals surface area (Å²) in [5, 5.41) is 0. The lowest BCUT2D eigenvalue weighted by Gasteiger charge is -2.12. The number of hydrogen-bond acceptors (Lipinski definition) is 3. The van der Waals surface area contributed by atoms with Crippen LogP contribution in [0.5, 0.6) is 0 Å². The number of aryl methyl sites for hydroxylation is 1. The van der Waals surface area contributed by atoms with E-state index in [1.807, 2.05) is 0 Å². The van der Waals surface area contributed by atoms with E-state index in [-0.39, 0.29) is 17.2 Å². The summed E-state index contributed by atoms with van der Waals surface area (Å²) in [6, 6.07) is 4.39. The molecule has 0 amide bonds. The highest BCUT2D eigenvalue weighted by Crippen LogP contribution is 2.33. The van der Waals surface area contributed by atoms with Crippen molar-refractivity contribution < 1.29 is 26.3 Å². The molecule has 4 nitrogen and oxygen atoms in total. The van der Waals surface area contributed by atoms with E-state index in [0.29, 0.717) is 11.8 Å². The van der Waals surface area contributed by atoms with Gasteiger partial charge in [0, 0.05) is 17.5 Å². The average molecular weight is 372 g/mol. The van der Waals surface area contributed by atoms with Crippen LogP contribution >= 0.6 is 0 Å². The summed E-state index contributed by atoms with van der Waals surface area (Å²) in [4.78, 5) is 11.3.